The monoisotopic (exact) mass is 295 g/mol. The molecule has 0 saturated heterocycles. The van der Waals surface area contributed by atoms with Crippen LogP contribution >= 0.6 is 0 Å². The van der Waals surface area contributed by atoms with E-state index in [2.05, 4.69) is 13.0 Å². The molecule has 1 aromatic heterocycles. The van der Waals surface area contributed by atoms with Crippen molar-refractivity contribution in [2.45, 2.75) is 32.1 Å². The topological polar surface area (TPSA) is 39.2 Å². The zero-order valence-electron chi connectivity index (χ0n) is 12.5. The average Bonchev–Trinajstić information content (AvgIpc) is 3.29. The molecule has 1 aliphatic rings. The van der Waals surface area contributed by atoms with Crippen LogP contribution in [0.4, 0.5) is 10.1 Å². The van der Waals surface area contributed by atoms with Gasteiger partial charge in [-0.3, -0.25) is 0 Å². The molecule has 1 fully saturated rings. The van der Waals surface area contributed by atoms with Crippen LogP contribution < -0.4 is 5.73 Å². The molecule has 4 rings (SSSR count). The highest BCUT2D eigenvalue weighted by molar-refractivity contribution is 5.91. The molecule has 0 atom stereocenters. The number of hydrogen-bond acceptors (Lipinski definition) is 2. The van der Waals surface area contributed by atoms with Crippen LogP contribution in [0.3, 0.4) is 0 Å². The highest BCUT2D eigenvalue weighted by Crippen LogP contribution is 2.45. The van der Waals surface area contributed by atoms with E-state index >= 15 is 0 Å². The van der Waals surface area contributed by atoms with E-state index in [1.54, 1.807) is 12.1 Å². The lowest BCUT2D eigenvalue weighted by molar-refractivity contribution is 0.621. The van der Waals surface area contributed by atoms with E-state index in [4.69, 9.17) is 10.2 Å². The van der Waals surface area contributed by atoms with Crippen LogP contribution in [0.1, 0.15) is 36.8 Å². The Balaban J connectivity index is 1.93. The predicted molar refractivity (Wildman–Crippen MR) is 87.4 cm³/mol. The molecule has 0 spiro atoms. The zero-order chi connectivity index (χ0) is 15.3. The number of fused-ring (bicyclic) bond motifs is 1. The third-order valence-electron chi connectivity index (χ3n) is 4.47. The van der Waals surface area contributed by atoms with Crippen molar-refractivity contribution in [3.05, 3.63) is 53.3 Å². The van der Waals surface area contributed by atoms with Crippen LogP contribution in [0.5, 0.6) is 0 Å². The minimum Gasteiger partial charge on any atom is -0.456 e. The molecular formula is C19H18FNO. The highest BCUT2D eigenvalue weighted by Gasteiger charge is 2.27. The van der Waals surface area contributed by atoms with Gasteiger partial charge in [-0.05, 0) is 61.1 Å². The number of nitrogen functional groups attached to an aromatic ring is 1. The maximum absolute atomic E-state index is 13.1. The molecular weight excluding hydrogens is 277 g/mol. The van der Waals surface area contributed by atoms with Crippen LogP contribution in [0.2, 0.25) is 0 Å². The number of halogens is 1. The summed E-state index contributed by atoms with van der Waals surface area (Å²) in [5.41, 5.74) is 11.1. The van der Waals surface area contributed by atoms with Gasteiger partial charge >= 0.3 is 0 Å². The summed E-state index contributed by atoms with van der Waals surface area (Å²) in [4.78, 5) is 0. The summed E-state index contributed by atoms with van der Waals surface area (Å²) in [7, 11) is 0. The smallest absolute Gasteiger partial charge is 0.138 e. The molecule has 3 heteroatoms. The number of nitrogens with two attached hydrogens (primary N) is 1. The van der Waals surface area contributed by atoms with Crippen molar-refractivity contribution in [2.75, 3.05) is 5.73 Å². The second kappa shape index (κ2) is 4.87. The maximum atomic E-state index is 13.1. The molecule has 1 saturated carbocycles. The minimum absolute atomic E-state index is 0.238. The largest absolute Gasteiger partial charge is 0.456 e. The molecule has 0 aliphatic heterocycles. The third-order valence-corrected chi connectivity index (χ3v) is 4.47. The van der Waals surface area contributed by atoms with Gasteiger partial charge < -0.3 is 10.2 Å². The normalized spacial score (nSPS) is 14.6. The fourth-order valence-corrected chi connectivity index (χ4v) is 3.16. The van der Waals surface area contributed by atoms with Crippen molar-refractivity contribution in [2.24, 2.45) is 0 Å². The molecule has 1 heterocycles. The number of rotatable bonds is 3. The minimum atomic E-state index is -0.238. The van der Waals surface area contributed by atoms with Gasteiger partial charge in [0.2, 0.25) is 0 Å². The SMILES string of the molecule is CCc1c(-c2ccc(F)cc2)oc2cc(N)c(C3CC3)cc12. The Bertz CT molecular complexity index is 844. The van der Waals surface area contributed by atoms with Crippen molar-refractivity contribution in [1.82, 2.24) is 0 Å². The molecule has 0 radical (unpaired) electrons. The van der Waals surface area contributed by atoms with E-state index in [-0.39, 0.29) is 5.82 Å². The predicted octanol–water partition coefficient (Wildman–Crippen LogP) is 5.26. The molecule has 0 unspecified atom stereocenters. The second-order valence-electron chi connectivity index (χ2n) is 6.02. The quantitative estimate of drug-likeness (QED) is 0.669. The van der Waals surface area contributed by atoms with Crippen LogP contribution in [0, 0.1) is 5.82 Å². The standard InChI is InChI=1S/C19H18FNO/c1-2-14-16-9-15(11-3-4-11)17(21)10-18(16)22-19(14)12-5-7-13(20)8-6-12/h5-11H,2-4,21H2,1H3. The lowest BCUT2D eigenvalue weighted by atomic mass is 10.00. The van der Waals surface area contributed by atoms with Gasteiger partial charge in [0, 0.05) is 28.3 Å². The Kier molecular flexibility index (Phi) is 2.96. The Hall–Kier alpha value is -2.29. The molecule has 0 bridgehead atoms. The van der Waals surface area contributed by atoms with E-state index in [1.165, 1.54) is 36.1 Å². The van der Waals surface area contributed by atoms with E-state index in [0.29, 0.717) is 5.92 Å². The molecule has 22 heavy (non-hydrogen) atoms. The lowest BCUT2D eigenvalue weighted by Gasteiger charge is -2.04. The first kappa shape index (κ1) is 13.4. The second-order valence-corrected chi connectivity index (χ2v) is 6.02. The summed E-state index contributed by atoms with van der Waals surface area (Å²) in [6.07, 6.45) is 3.31. The van der Waals surface area contributed by atoms with E-state index in [1.807, 2.05) is 6.07 Å². The summed E-state index contributed by atoms with van der Waals surface area (Å²) in [6, 6.07) is 10.6. The number of aryl methyl sites for hydroxylation is 1. The summed E-state index contributed by atoms with van der Waals surface area (Å²) < 4.78 is 19.2. The van der Waals surface area contributed by atoms with Crippen LogP contribution in [-0.4, -0.2) is 0 Å². The number of hydrogen-bond donors (Lipinski definition) is 1. The van der Waals surface area contributed by atoms with Crippen molar-refractivity contribution >= 4 is 16.7 Å². The first-order chi connectivity index (χ1) is 10.7. The summed E-state index contributed by atoms with van der Waals surface area (Å²) in [6.45, 7) is 2.12. The summed E-state index contributed by atoms with van der Waals surface area (Å²) in [5, 5.41) is 1.14. The molecule has 3 aromatic rings. The fraction of sp³-hybridized carbons (Fsp3) is 0.263. The van der Waals surface area contributed by atoms with Crippen molar-refractivity contribution in [3.63, 3.8) is 0 Å². The molecule has 112 valence electrons. The van der Waals surface area contributed by atoms with Gasteiger partial charge in [0.25, 0.3) is 0 Å². The highest BCUT2D eigenvalue weighted by atomic mass is 19.1. The average molecular weight is 295 g/mol. The van der Waals surface area contributed by atoms with Gasteiger partial charge in [0.15, 0.2) is 0 Å². The summed E-state index contributed by atoms with van der Waals surface area (Å²) in [5.74, 6) is 1.20. The van der Waals surface area contributed by atoms with Crippen LogP contribution in [0.15, 0.2) is 40.8 Å². The van der Waals surface area contributed by atoms with Gasteiger partial charge in [0.1, 0.15) is 17.2 Å². The fourth-order valence-electron chi connectivity index (χ4n) is 3.16. The van der Waals surface area contributed by atoms with E-state index in [9.17, 15) is 4.39 Å². The number of anilines is 1. The first-order valence-corrected chi connectivity index (χ1v) is 7.78. The molecule has 2 aromatic carbocycles. The molecule has 0 amide bonds. The van der Waals surface area contributed by atoms with Gasteiger partial charge in [-0.25, -0.2) is 4.39 Å². The maximum Gasteiger partial charge on any atom is 0.138 e. The van der Waals surface area contributed by atoms with Crippen molar-refractivity contribution < 1.29 is 8.81 Å². The van der Waals surface area contributed by atoms with Gasteiger partial charge in [-0.2, -0.15) is 0 Å². The third kappa shape index (κ3) is 2.08. The number of furan rings is 1. The van der Waals surface area contributed by atoms with Crippen molar-refractivity contribution in [3.8, 4) is 11.3 Å². The molecule has 2 N–H and O–H groups in total. The Morgan fingerprint density at radius 2 is 1.91 bits per heavy atom. The van der Waals surface area contributed by atoms with Gasteiger partial charge in [-0.15, -0.1) is 0 Å². The Morgan fingerprint density at radius 1 is 1.18 bits per heavy atom. The Morgan fingerprint density at radius 3 is 2.55 bits per heavy atom. The summed E-state index contributed by atoms with van der Waals surface area (Å²) >= 11 is 0. The molecule has 1 aliphatic carbocycles. The first-order valence-electron chi connectivity index (χ1n) is 7.78. The van der Waals surface area contributed by atoms with Crippen molar-refractivity contribution in [1.29, 1.82) is 0 Å². The van der Waals surface area contributed by atoms with Gasteiger partial charge in [-0.1, -0.05) is 6.92 Å². The van der Waals surface area contributed by atoms with Crippen LogP contribution in [-0.2, 0) is 6.42 Å². The van der Waals surface area contributed by atoms with E-state index in [0.717, 1.165) is 34.4 Å². The van der Waals surface area contributed by atoms with Gasteiger partial charge in [0.05, 0.1) is 0 Å². The van der Waals surface area contributed by atoms with Crippen LogP contribution in [0.25, 0.3) is 22.3 Å². The number of benzene rings is 2. The lowest BCUT2D eigenvalue weighted by Crippen LogP contribution is -1.92. The Labute approximate surface area is 128 Å². The van der Waals surface area contributed by atoms with E-state index < -0.39 is 0 Å². The zero-order valence-corrected chi connectivity index (χ0v) is 12.5. The molecule has 2 nitrogen and oxygen atoms in total.